The summed E-state index contributed by atoms with van der Waals surface area (Å²) in [6.07, 6.45) is 4.00. The molecule has 1 heterocycles. The first-order valence-corrected chi connectivity index (χ1v) is 9.76. The third-order valence-corrected chi connectivity index (χ3v) is 4.56. The summed E-state index contributed by atoms with van der Waals surface area (Å²) in [5.74, 6) is 1.31. The molecule has 0 aliphatic carbocycles. The summed E-state index contributed by atoms with van der Waals surface area (Å²) in [4.78, 5) is 20.6. The van der Waals surface area contributed by atoms with E-state index in [2.05, 4.69) is 32.7 Å². The Morgan fingerprint density at radius 2 is 1.76 bits per heavy atom. The van der Waals surface area contributed by atoms with Gasteiger partial charge in [-0.3, -0.25) is 4.79 Å². The Morgan fingerprint density at radius 1 is 0.966 bits per heavy atom. The van der Waals surface area contributed by atoms with Crippen molar-refractivity contribution in [2.45, 2.75) is 19.3 Å². The number of hydrogen-bond acceptors (Lipinski definition) is 5. The maximum absolute atomic E-state index is 12.3. The van der Waals surface area contributed by atoms with Gasteiger partial charge < -0.3 is 15.4 Å². The van der Waals surface area contributed by atoms with E-state index >= 15 is 0 Å². The zero-order valence-corrected chi connectivity index (χ0v) is 16.6. The third-order valence-electron chi connectivity index (χ3n) is 4.56. The Hall–Kier alpha value is -3.41. The second kappa shape index (κ2) is 10.8. The van der Waals surface area contributed by atoms with E-state index in [0.29, 0.717) is 24.6 Å². The summed E-state index contributed by atoms with van der Waals surface area (Å²) < 4.78 is 5.37. The molecule has 3 rings (SSSR count). The first-order chi connectivity index (χ1) is 14.3. The smallest absolute Gasteiger partial charge is 0.270 e. The molecule has 6 nitrogen and oxygen atoms in total. The average Bonchev–Trinajstić information content (AvgIpc) is 2.78. The van der Waals surface area contributed by atoms with Crippen molar-refractivity contribution in [2.24, 2.45) is 0 Å². The topological polar surface area (TPSA) is 76.1 Å². The van der Waals surface area contributed by atoms with Crippen LogP contribution in [0.3, 0.4) is 0 Å². The molecule has 1 amide bonds. The molecule has 6 heteroatoms. The highest BCUT2D eigenvalue weighted by Crippen LogP contribution is 2.17. The molecule has 0 fully saturated rings. The second-order valence-electron chi connectivity index (χ2n) is 6.62. The van der Waals surface area contributed by atoms with Gasteiger partial charge in [0.15, 0.2) is 0 Å². The van der Waals surface area contributed by atoms with Crippen LogP contribution in [0.2, 0.25) is 0 Å². The summed E-state index contributed by atoms with van der Waals surface area (Å²) >= 11 is 0. The van der Waals surface area contributed by atoms with Gasteiger partial charge in [-0.05, 0) is 36.5 Å². The normalized spacial score (nSPS) is 10.4. The number of rotatable bonds is 10. The lowest BCUT2D eigenvalue weighted by atomic mass is 10.1. The van der Waals surface area contributed by atoms with Crippen molar-refractivity contribution in [3.8, 4) is 5.75 Å². The molecule has 0 radical (unpaired) electrons. The van der Waals surface area contributed by atoms with E-state index < -0.39 is 0 Å². The summed E-state index contributed by atoms with van der Waals surface area (Å²) in [5, 5.41) is 6.16. The van der Waals surface area contributed by atoms with Gasteiger partial charge >= 0.3 is 0 Å². The van der Waals surface area contributed by atoms with Crippen molar-refractivity contribution in [2.75, 3.05) is 25.5 Å². The van der Waals surface area contributed by atoms with Gasteiger partial charge in [0.1, 0.15) is 23.6 Å². The zero-order valence-electron chi connectivity index (χ0n) is 16.6. The highest BCUT2D eigenvalue weighted by atomic mass is 16.5. The van der Waals surface area contributed by atoms with Gasteiger partial charge in [-0.25, -0.2) is 9.97 Å². The number of benzene rings is 2. The maximum atomic E-state index is 12.3. The van der Waals surface area contributed by atoms with Gasteiger partial charge in [-0.15, -0.1) is 0 Å². The molecule has 0 atom stereocenters. The van der Waals surface area contributed by atoms with Crippen molar-refractivity contribution in [3.63, 3.8) is 0 Å². The van der Waals surface area contributed by atoms with Gasteiger partial charge in [-0.1, -0.05) is 48.5 Å². The minimum atomic E-state index is -0.187. The number of nitrogens with one attached hydrogen (secondary N) is 2. The summed E-state index contributed by atoms with van der Waals surface area (Å²) in [6, 6.07) is 19.8. The summed E-state index contributed by atoms with van der Waals surface area (Å²) in [6.45, 7) is 1.28. The lowest BCUT2D eigenvalue weighted by Crippen LogP contribution is -2.26. The van der Waals surface area contributed by atoms with Gasteiger partial charge in [0, 0.05) is 19.2 Å². The van der Waals surface area contributed by atoms with E-state index in [0.717, 1.165) is 30.6 Å². The van der Waals surface area contributed by atoms with Gasteiger partial charge in [0.05, 0.1) is 7.11 Å². The number of aromatic nitrogens is 2. The quantitative estimate of drug-likeness (QED) is 0.518. The highest BCUT2D eigenvalue weighted by Gasteiger charge is 2.08. The fraction of sp³-hybridized carbons (Fsp3) is 0.261. The maximum Gasteiger partial charge on any atom is 0.270 e. The monoisotopic (exact) mass is 390 g/mol. The summed E-state index contributed by atoms with van der Waals surface area (Å²) in [7, 11) is 1.67. The first kappa shape index (κ1) is 20.3. The SMILES string of the molecule is COc1ccccc1CCNc1cc(C(=O)NCCCc2ccccc2)ncn1. The Bertz CT molecular complexity index is 916. The Balaban J connectivity index is 1.45. The average molecular weight is 390 g/mol. The first-order valence-electron chi connectivity index (χ1n) is 9.76. The molecule has 150 valence electrons. The Labute approximate surface area is 171 Å². The molecule has 0 unspecified atom stereocenters. The fourth-order valence-corrected chi connectivity index (χ4v) is 3.04. The number of nitrogens with zero attached hydrogens (tertiary/aromatic N) is 2. The number of aryl methyl sites for hydroxylation is 1. The largest absolute Gasteiger partial charge is 0.496 e. The van der Waals surface area contributed by atoms with Crippen LogP contribution in [-0.2, 0) is 12.8 Å². The van der Waals surface area contributed by atoms with Crippen LogP contribution in [0.5, 0.6) is 5.75 Å². The predicted octanol–water partition coefficient (Wildman–Crippen LogP) is 3.50. The molecule has 0 aliphatic rings. The van der Waals surface area contributed by atoms with Crippen LogP contribution < -0.4 is 15.4 Å². The number of carbonyl (C=O) groups excluding carboxylic acids is 1. The number of anilines is 1. The van der Waals surface area contributed by atoms with E-state index in [4.69, 9.17) is 4.74 Å². The van der Waals surface area contributed by atoms with Crippen molar-refractivity contribution in [3.05, 3.63) is 83.8 Å². The fourth-order valence-electron chi connectivity index (χ4n) is 3.04. The molecule has 3 aromatic rings. The standard InChI is InChI=1S/C23H26N4O2/c1-29-21-12-6-5-11-19(21)13-15-24-22-16-20(26-17-27-22)23(28)25-14-7-10-18-8-3-2-4-9-18/h2-6,8-9,11-12,16-17H,7,10,13-15H2,1H3,(H,25,28)(H,24,26,27). The molecular formula is C23H26N4O2. The Morgan fingerprint density at radius 3 is 2.59 bits per heavy atom. The predicted molar refractivity (Wildman–Crippen MR) is 114 cm³/mol. The molecule has 0 aliphatic heterocycles. The van der Waals surface area contributed by atoms with Crippen LogP contribution in [0.1, 0.15) is 28.0 Å². The number of ether oxygens (including phenoxy) is 1. The van der Waals surface area contributed by atoms with Crippen LogP contribution in [0.25, 0.3) is 0 Å². The molecule has 0 saturated heterocycles. The molecule has 1 aromatic heterocycles. The lowest BCUT2D eigenvalue weighted by Gasteiger charge is -2.10. The van der Waals surface area contributed by atoms with Gasteiger partial charge in [0.25, 0.3) is 5.91 Å². The van der Waals surface area contributed by atoms with Gasteiger partial charge in [0.2, 0.25) is 0 Å². The van der Waals surface area contributed by atoms with Crippen molar-refractivity contribution >= 4 is 11.7 Å². The number of para-hydroxylation sites is 1. The lowest BCUT2D eigenvalue weighted by molar-refractivity contribution is 0.0948. The number of hydrogen-bond donors (Lipinski definition) is 2. The molecule has 2 N–H and O–H groups in total. The molecule has 0 bridgehead atoms. The van der Waals surface area contributed by atoms with E-state index in [1.165, 1.54) is 11.9 Å². The number of methoxy groups -OCH3 is 1. The Kier molecular flexibility index (Phi) is 7.57. The molecular weight excluding hydrogens is 364 g/mol. The molecule has 0 saturated carbocycles. The summed E-state index contributed by atoms with van der Waals surface area (Å²) in [5.41, 5.74) is 2.75. The van der Waals surface area contributed by atoms with E-state index in [1.807, 2.05) is 42.5 Å². The van der Waals surface area contributed by atoms with E-state index in [9.17, 15) is 4.79 Å². The third kappa shape index (κ3) is 6.31. The zero-order chi connectivity index (χ0) is 20.3. The van der Waals surface area contributed by atoms with E-state index in [-0.39, 0.29) is 5.91 Å². The second-order valence-corrected chi connectivity index (χ2v) is 6.62. The number of amides is 1. The number of carbonyl (C=O) groups is 1. The minimum absolute atomic E-state index is 0.187. The van der Waals surface area contributed by atoms with Crippen LogP contribution in [0.4, 0.5) is 5.82 Å². The minimum Gasteiger partial charge on any atom is -0.496 e. The molecule has 2 aromatic carbocycles. The highest BCUT2D eigenvalue weighted by molar-refractivity contribution is 5.92. The van der Waals surface area contributed by atoms with Crippen molar-refractivity contribution < 1.29 is 9.53 Å². The van der Waals surface area contributed by atoms with Crippen LogP contribution >= 0.6 is 0 Å². The van der Waals surface area contributed by atoms with Crippen LogP contribution in [-0.4, -0.2) is 36.1 Å². The van der Waals surface area contributed by atoms with Crippen LogP contribution in [0.15, 0.2) is 67.0 Å². The molecule has 0 spiro atoms. The van der Waals surface area contributed by atoms with E-state index in [1.54, 1.807) is 13.2 Å². The molecule has 29 heavy (non-hydrogen) atoms. The van der Waals surface area contributed by atoms with Crippen molar-refractivity contribution in [1.29, 1.82) is 0 Å². The van der Waals surface area contributed by atoms with Crippen molar-refractivity contribution in [1.82, 2.24) is 15.3 Å². The van der Waals surface area contributed by atoms with Crippen LogP contribution in [0, 0.1) is 0 Å². The van der Waals surface area contributed by atoms with Gasteiger partial charge in [-0.2, -0.15) is 0 Å².